The quantitative estimate of drug-likeness (QED) is 0.176. The highest BCUT2D eigenvalue weighted by molar-refractivity contribution is 6.06. The number of para-hydroxylation sites is 2. The number of benzene rings is 7. The van der Waals surface area contributed by atoms with Crippen LogP contribution >= 0.6 is 0 Å². The Balaban J connectivity index is 0.000000626. The number of furan rings is 1. The standard InChI is InChI=1S/C43H29NO.5C2H6/c1-2-12-33(13-3-1)44(34-23-20-29(21-24-34)36-17-9-18-38-37-15-5-4-10-32(37)28-40(36)38)35-14-8-11-30(26-35)31-22-25-43-41(27-31)39-16-6-7-19-42(39)45-43;5*1-2/h1-27H,28H2;5*1-2H3. The van der Waals surface area contributed by atoms with E-state index in [4.69, 9.17) is 4.42 Å². The molecule has 0 fully saturated rings. The van der Waals surface area contributed by atoms with Crippen molar-refractivity contribution in [3.63, 3.8) is 0 Å². The molecule has 282 valence electrons. The van der Waals surface area contributed by atoms with Crippen LogP contribution in [-0.4, -0.2) is 0 Å². The highest BCUT2D eigenvalue weighted by Crippen LogP contribution is 2.43. The van der Waals surface area contributed by atoms with Gasteiger partial charge in [-0.05, 0) is 106 Å². The molecule has 0 bridgehead atoms. The van der Waals surface area contributed by atoms with Gasteiger partial charge in [-0.15, -0.1) is 0 Å². The third kappa shape index (κ3) is 8.93. The van der Waals surface area contributed by atoms with Gasteiger partial charge in [0.2, 0.25) is 0 Å². The lowest BCUT2D eigenvalue weighted by Crippen LogP contribution is -2.09. The first-order chi connectivity index (χ1) is 27.3. The van der Waals surface area contributed by atoms with Crippen LogP contribution in [0.3, 0.4) is 0 Å². The summed E-state index contributed by atoms with van der Waals surface area (Å²) in [6, 6.07) is 58.7. The first-order valence-corrected chi connectivity index (χ1v) is 20.5. The average Bonchev–Trinajstić information content (AvgIpc) is 3.86. The van der Waals surface area contributed by atoms with Gasteiger partial charge in [0.25, 0.3) is 0 Å². The maximum absolute atomic E-state index is 6.10. The second-order valence-corrected chi connectivity index (χ2v) is 11.7. The molecule has 0 amide bonds. The summed E-state index contributed by atoms with van der Waals surface area (Å²) in [4.78, 5) is 2.34. The van der Waals surface area contributed by atoms with E-state index in [1.807, 2.05) is 81.4 Å². The molecule has 0 radical (unpaired) electrons. The molecule has 0 aliphatic heterocycles. The van der Waals surface area contributed by atoms with Crippen molar-refractivity contribution in [2.24, 2.45) is 0 Å². The van der Waals surface area contributed by atoms with E-state index in [1.165, 1.54) is 33.4 Å². The topological polar surface area (TPSA) is 16.4 Å². The van der Waals surface area contributed by atoms with Gasteiger partial charge >= 0.3 is 0 Å². The molecular weight excluding hydrogens is 667 g/mol. The van der Waals surface area contributed by atoms with Crippen LogP contribution in [0.15, 0.2) is 168 Å². The van der Waals surface area contributed by atoms with Crippen LogP contribution in [0.2, 0.25) is 0 Å². The van der Waals surface area contributed by atoms with E-state index in [1.54, 1.807) is 0 Å². The van der Waals surface area contributed by atoms with Gasteiger partial charge in [-0.2, -0.15) is 0 Å². The number of anilines is 3. The summed E-state index contributed by atoms with van der Waals surface area (Å²) >= 11 is 0. The van der Waals surface area contributed by atoms with E-state index in [0.717, 1.165) is 56.5 Å². The van der Waals surface area contributed by atoms with Gasteiger partial charge in [0.05, 0.1) is 0 Å². The largest absolute Gasteiger partial charge is 0.456 e. The first kappa shape index (κ1) is 41.9. The summed E-state index contributed by atoms with van der Waals surface area (Å²) in [5.41, 5.74) is 15.6. The Morgan fingerprint density at radius 2 is 0.891 bits per heavy atom. The molecule has 1 heterocycles. The Morgan fingerprint density at radius 1 is 0.364 bits per heavy atom. The van der Waals surface area contributed by atoms with Crippen LogP contribution in [0.4, 0.5) is 17.1 Å². The zero-order valence-corrected chi connectivity index (χ0v) is 34.7. The van der Waals surface area contributed by atoms with Crippen molar-refractivity contribution < 1.29 is 4.42 Å². The van der Waals surface area contributed by atoms with Crippen molar-refractivity contribution in [1.29, 1.82) is 0 Å². The predicted octanol–water partition coefficient (Wildman–Crippen LogP) is 17.1. The van der Waals surface area contributed by atoms with Gasteiger partial charge in [-0.25, -0.2) is 0 Å². The number of hydrogen-bond acceptors (Lipinski definition) is 2. The minimum atomic E-state index is 0.912. The second-order valence-electron chi connectivity index (χ2n) is 11.7. The Morgan fingerprint density at radius 3 is 1.64 bits per heavy atom. The molecule has 0 N–H and O–H groups in total. The Bertz CT molecular complexity index is 2350. The maximum atomic E-state index is 6.10. The van der Waals surface area contributed by atoms with Gasteiger partial charge in [0, 0.05) is 27.8 Å². The predicted molar refractivity (Wildman–Crippen MR) is 244 cm³/mol. The van der Waals surface area contributed by atoms with E-state index in [2.05, 4.69) is 157 Å². The average molecular weight is 726 g/mol. The lowest BCUT2D eigenvalue weighted by molar-refractivity contribution is 0.669. The lowest BCUT2D eigenvalue weighted by atomic mass is 9.95. The number of nitrogens with zero attached hydrogens (tertiary/aromatic N) is 1. The summed E-state index contributed by atoms with van der Waals surface area (Å²) < 4.78 is 6.10. The number of rotatable bonds is 5. The molecule has 0 spiro atoms. The van der Waals surface area contributed by atoms with Crippen molar-refractivity contribution in [2.45, 2.75) is 75.7 Å². The molecule has 0 unspecified atom stereocenters. The van der Waals surface area contributed by atoms with Crippen LogP contribution in [0.1, 0.15) is 80.4 Å². The molecule has 1 aliphatic carbocycles. The van der Waals surface area contributed by atoms with Crippen LogP contribution in [0.5, 0.6) is 0 Å². The van der Waals surface area contributed by atoms with E-state index < -0.39 is 0 Å². The molecule has 1 aromatic heterocycles. The fourth-order valence-corrected chi connectivity index (χ4v) is 6.97. The van der Waals surface area contributed by atoms with E-state index in [-0.39, 0.29) is 0 Å². The number of fused-ring (bicyclic) bond motifs is 6. The second kappa shape index (κ2) is 21.1. The van der Waals surface area contributed by atoms with Crippen LogP contribution in [-0.2, 0) is 6.42 Å². The van der Waals surface area contributed by atoms with Crippen LogP contribution in [0.25, 0.3) is 55.3 Å². The van der Waals surface area contributed by atoms with E-state index in [0.29, 0.717) is 0 Å². The molecule has 7 aromatic carbocycles. The van der Waals surface area contributed by atoms with Crippen molar-refractivity contribution in [3.05, 3.63) is 175 Å². The van der Waals surface area contributed by atoms with Gasteiger partial charge in [0.1, 0.15) is 11.2 Å². The molecule has 0 saturated heterocycles. The van der Waals surface area contributed by atoms with Crippen LogP contribution < -0.4 is 4.90 Å². The number of hydrogen-bond donors (Lipinski definition) is 0. The third-order valence-electron chi connectivity index (χ3n) is 9.12. The normalized spacial score (nSPS) is 10.3. The van der Waals surface area contributed by atoms with E-state index in [9.17, 15) is 0 Å². The highest BCUT2D eigenvalue weighted by Gasteiger charge is 2.21. The molecular formula is C53H59NO. The van der Waals surface area contributed by atoms with Crippen molar-refractivity contribution in [1.82, 2.24) is 0 Å². The van der Waals surface area contributed by atoms with Crippen molar-refractivity contribution in [2.75, 3.05) is 4.90 Å². The fraction of sp³-hybridized carbons (Fsp3) is 0.208. The molecule has 8 aromatic rings. The Kier molecular flexibility index (Phi) is 16.1. The lowest BCUT2D eigenvalue weighted by Gasteiger charge is -2.26. The summed E-state index contributed by atoms with van der Waals surface area (Å²) in [5, 5.41) is 2.28. The Hall–Kier alpha value is -5.86. The van der Waals surface area contributed by atoms with Gasteiger partial charge in [-0.3, -0.25) is 0 Å². The summed E-state index contributed by atoms with van der Waals surface area (Å²) in [6.45, 7) is 20.0. The zero-order chi connectivity index (χ0) is 39.7. The molecule has 55 heavy (non-hydrogen) atoms. The third-order valence-corrected chi connectivity index (χ3v) is 9.12. The molecule has 1 aliphatic rings. The molecule has 2 nitrogen and oxygen atoms in total. The van der Waals surface area contributed by atoms with E-state index >= 15 is 0 Å². The minimum Gasteiger partial charge on any atom is -0.456 e. The Labute approximate surface area is 331 Å². The summed E-state index contributed by atoms with van der Waals surface area (Å²) in [7, 11) is 0. The monoisotopic (exact) mass is 725 g/mol. The summed E-state index contributed by atoms with van der Waals surface area (Å²) in [5.74, 6) is 0. The molecule has 0 atom stereocenters. The molecule has 0 saturated carbocycles. The zero-order valence-electron chi connectivity index (χ0n) is 34.7. The van der Waals surface area contributed by atoms with Crippen molar-refractivity contribution in [3.8, 4) is 33.4 Å². The van der Waals surface area contributed by atoms with Crippen LogP contribution in [0, 0.1) is 0 Å². The smallest absolute Gasteiger partial charge is 0.135 e. The SMILES string of the molecule is CC.CC.CC.CC.CC.c1ccc(N(c2ccc(-c3cccc4c3Cc3ccccc3-4)cc2)c2cccc(-c3ccc4oc5ccccc5c4c3)c2)cc1. The minimum absolute atomic E-state index is 0.912. The molecule has 2 heteroatoms. The highest BCUT2D eigenvalue weighted by atomic mass is 16.3. The molecule has 9 rings (SSSR count). The maximum Gasteiger partial charge on any atom is 0.135 e. The van der Waals surface area contributed by atoms with Gasteiger partial charge in [0.15, 0.2) is 0 Å². The summed E-state index contributed by atoms with van der Waals surface area (Å²) in [6.07, 6.45) is 0.979. The van der Waals surface area contributed by atoms with Crippen molar-refractivity contribution >= 4 is 39.0 Å². The van der Waals surface area contributed by atoms with Gasteiger partial charge < -0.3 is 9.32 Å². The van der Waals surface area contributed by atoms with Gasteiger partial charge in [-0.1, -0.05) is 178 Å². The first-order valence-electron chi connectivity index (χ1n) is 20.5. The fourth-order valence-electron chi connectivity index (χ4n) is 6.97.